The van der Waals surface area contributed by atoms with Crippen molar-refractivity contribution in [1.82, 2.24) is 4.98 Å². The zero-order valence-corrected chi connectivity index (χ0v) is 22.7. The fraction of sp³-hybridized carbons (Fsp3) is 0.241. The van der Waals surface area contributed by atoms with Crippen molar-refractivity contribution in [1.29, 1.82) is 0 Å². The molecule has 1 fully saturated rings. The van der Waals surface area contributed by atoms with Crippen molar-refractivity contribution in [2.45, 2.75) is 19.9 Å². The Labute approximate surface area is 234 Å². The second-order valence-electron chi connectivity index (χ2n) is 8.83. The average Bonchev–Trinajstić information content (AvgIpc) is 3.47. The lowest BCUT2D eigenvalue weighted by molar-refractivity contribution is -0.132. The Balaban J connectivity index is 1.67. The van der Waals surface area contributed by atoms with Gasteiger partial charge in [-0.05, 0) is 49.7 Å². The molecule has 206 valence electrons. The second-order valence-corrected chi connectivity index (χ2v) is 9.81. The molecule has 1 saturated heterocycles. The summed E-state index contributed by atoms with van der Waals surface area (Å²) in [7, 11) is 0. The maximum absolute atomic E-state index is 13.5. The number of anilines is 1. The number of aliphatic hydroxyl groups excluding tert-OH is 1. The standard InChI is InChI=1S/C29H26N2O8S/c1-4-11-37-19-8-6-7-17(14-19)23-22(24(32)18-9-10-20-21(15-18)39-13-12-38-20)25(33)27(34)31(23)29-30-16(3)26(40-29)28(35)36-5-2/h4,6-10,14-15,23,32H,1,5,11-13H2,2-3H3/b24-22+/t23-/m0/s1. The lowest BCUT2D eigenvalue weighted by Gasteiger charge is -2.23. The van der Waals surface area contributed by atoms with Crippen molar-refractivity contribution in [3.63, 3.8) is 0 Å². The number of aryl methyl sites for hydroxylation is 1. The molecule has 2 aromatic carbocycles. The molecule has 2 aliphatic rings. The molecular weight excluding hydrogens is 536 g/mol. The zero-order valence-electron chi connectivity index (χ0n) is 21.8. The van der Waals surface area contributed by atoms with E-state index in [1.54, 1.807) is 62.4 Å². The third-order valence-electron chi connectivity index (χ3n) is 6.25. The molecule has 1 aromatic heterocycles. The van der Waals surface area contributed by atoms with E-state index in [9.17, 15) is 19.5 Å². The van der Waals surface area contributed by atoms with E-state index in [0.717, 1.165) is 11.3 Å². The van der Waals surface area contributed by atoms with Gasteiger partial charge in [-0.2, -0.15) is 0 Å². The maximum atomic E-state index is 13.5. The molecule has 3 aromatic rings. The summed E-state index contributed by atoms with van der Waals surface area (Å²) in [5, 5.41) is 11.6. The topological polar surface area (TPSA) is 124 Å². The van der Waals surface area contributed by atoms with E-state index in [1.165, 1.54) is 4.90 Å². The van der Waals surface area contributed by atoms with Crippen LogP contribution in [0.2, 0.25) is 0 Å². The lowest BCUT2D eigenvalue weighted by atomic mass is 9.95. The quantitative estimate of drug-likeness (QED) is 0.138. The molecule has 0 spiro atoms. The minimum absolute atomic E-state index is 0.117. The monoisotopic (exact) mass is 562 g/mol. The number of ether oxygens (including phenoxy) is 4. The number of fused-ring (bicyclic) bond motifs is 1. The Morgan fingerprint density at radius 2 is 1.98 bits per heavy atom. The summed E-state index contributed by atoms with van der Waals surface area (Å²) in [4.78, 5) is 45.4. The van der Waals surface area contributed by atoms with E-state index >= 15 is 0 Å². The molecule has 10 nitrogen and oxygen atoms in total. The predicted octanol–water partition coefficient (Wildman–Crippen LogP) is 4.59. The number of carbonyl (C=O) groups excluding carboxylic acids is 3. The average molecular weight is 563 g/mol. The molecule has 0 saturated carbocycles. The van der Waals surface area contributed by atoms with Crippen LogP contribution in [0.15, 0.2) is 60.7 Å². The van der Waals surface area contributed by atoms with Gasteiger partial charge in [0, 0.05) is 5.56 Å². The van der Waals surface area contributed by atoms with Gasteiger partial charge in [-0.3, -0.25) is 14.5 Å². The first-order chi connectivity index (χ1) is 19.3. The Morgan fingerprint density at radius 1 is 1.20 bits per heavy atom. The SMILES string of the molecule is C=CCOc1cccc([C@H]2/C(=C(\O)c3ccc4c(c3)OCCO4)C(=O)C(=O)N2c2nc(C)c(C(=O)OCC)s2)c1. The fourth-order valence-electron chi connectivity index (χ4n) is 4.49. The molecule has 1 amide bonds. The molecule has 0 radical (unpaired) electrons. The van der Waals surface area contributed by atoms with Crippen molar-refractivity contribution in [3.05, 3.63) is 82.4 Å². The summed E-state index contributed by atoms with van der Waals surface area (Å²) in [6.45, 7) is 8.12. The Morgan fingerprint density at radius 3 is 2.73 bits per heavy atom. The number of hydrogen-bond acceptors (Lipinski definition) is 10. The van der Waals surface area contributed by atoms with E-state index in [2.05, 4.69) is 11.6 Å². The Hall–Kier alpha value is -4.64. The van der Waals surface area contributed by atoms with Gasteiger partial charge in [-0.25, -0.2) is 9.78 Å². The van der Waals surface area contributed by atoms with Gasteiger partial charge in [0.15, 0.2) is 16.6 Å². The van der Waals surface area contributed by atoms with E-state index in [4.69, 9.17) is 18.9 Å². The normalized spacial score (nSPS) is 17.6. The van der Waals surface area contributed by atoms with Crippen molar-refractivity contribution >= 4 is 39.9 Å². The first-order valence-electron chi connectivity index (χ1n) is 12.5. The highest BCUT2D eigenvalue weighted by molar-refractivity contribution is 7.17. The van der Waals surface area contributed by atoms with Crippen LogP contribution in [0.3, 0.4) is 0 Å². The number of thiazole rings is 1. The van der Waals surface area contributed by atoms with Gasteiger partial charge >= 0.3 is 11.9 Å². The molecule has 3 heterocycles. The number of carbonyl (C=O) groups is 3. The Kier molecular flexibility index (Phi) is 7.56. The van der Waals surface area contributed by atoms with E-state index in [1.807, 2.05) is 0 Å². The number of Topliss-reactive ketones (excluding diaryl/α,β-unsaturated/α-hetero) is 1. The molecule has 11 heteroatoms. The van der Waals surface area contributed by atoms with Crippen molar-refractivity contribution in [2.75, 3.05) is 31.3 Å². The zero-order chi connectivity index (χ0) is 28.4. The van der Waals surface area contributed by atoms with Crippen molar-refractivity contribution in [3.8, 4) is 17.2 Å². The highest BCUT2D eigenvalue weighted by Crippen LogP contribution is 2.45. The number of nitrogens with zero attached hydrogens (tertiary/aromatic N) is 2. The van der Waals surface area contributed by atoms with E-state index in [0.29, 0.717) is 41.7 Å². The fourth-order valence-corrected chi connectivity index (χ4v) is 5.48. The number of aliphatic hydroxyl groups is 1. The van der Waals surface area contributed by atoms with Crippen LogP contribution < -0.4 is 19.1 Å². The van der Waals surface area contributed by atoms with Gasteiger partial charge in [0.05, 0.1) is 23.9 Å². The summed E-state index contributed by atoms with van der Waals surface area (Å²) < 4.78 is 22.0. The molecule has 0 bridgehead atoms. The van der Waals surface area contributed by atoms with E-state index in [-0.39, 0.29) is 40.1 Å². The summed E-state index contributed by atoms with van der Waals surface area (Å²) in [6, 6.07) is 10.6. The van der Waals surface area contributed by atoms with Crippen LogP contribution >= 0.6 is 11.3 Å². The number of rotatable bonds is 8. The second kappa shape index (κ2) is 11.2. The van der Waals surface area contributed by atoms with Gasteiger partial charge in [0.1, 0.15) is 36.2 Å². The Bertz CT molecular complexity index is 1540. The number of hydrogen-bond donors (Lipinski definition) is 1. The van der Waals surface area contributed by atoms with Crippen LogP contribution in [0.5, 0.6) is 17.2 Å². The summed E-state index contributed by atoms with van der Waals surface area (Å²) in [5.41, 5.74) is 0.973. The third kappa shape index (κ3) is 4.91. The molecular formula is C29H26N2O8S. The number of esters is 1. The smallest absolute Gasteiger partial charge is 0.350 e. The first-order valence-corrected chi connectivity index (χ1v) is 13.3. The molecule has 1 N–H and O–H groups in total. The van der Waals surface area contributed by atoms with E-state index < -0.39 is 23.7 Å². The summed E-state index contributed by atoms with van der Waals surface area (Å²) >= 11 is 0.937. The minimum atomic E-state index is -1.07. The van der Waals surface area contributed by atoms with Gasteiger partial charge in [0.25, 0.3) is 5.78 Å². The maximum Gasteiger partial charge on any atom is 0.350 e. The summed E-state index contributed by atoms with van der Waals surface area (Å²) in [6.07, 6.45) is 1.59. The number of aromatic nitrogens is 1. The predicted molar refractivity (Wildman–Crippen MR) is 147 cm³/mol. The van der Waals surface area contributed by atoms with Crippen LogP contribution in [0.1, 0.15) is 39.5 Å². The van der Waals surface area contributed by atoms with Gasteiger partial charge in [-0.1, -0.05) is 36.1 Å². The van der Waals surface area contributed by atoms with Crippen LogP contribution in [0, 0.1) is 6.92 Å². The van der Waals surface area contributed by atoms with Gasteiger partial charge in [-0.15, -0.1) is 0 Å². The number of amides is 1. The van der Waals surface area contributed by atoms with Crippen LogP contribution in [-0.2, 0) is 14.3 Å². The number of benzene rings is 2. The summed E-state index contributed by atoms with van der Waals surface area (Å²) in [5.74, 6) is -1.37. The highest BCUT2D eigenvalue weighted by atomic mass is 32.1. The van der Waals surface area contributed by atoms with Crippen LogP contribution in [0.25, 0.3) is 5.76 Å². The van der Waals surface area contributed by atoms with Gasteiger partial charge in [0.2, 0.25) is 0 Å². The molecule has 0 aliphatic carbocycles. The number of ketones is 1. The molecule has 0 unspecified atom stereocenters. The lowest BCUT2D eigenvalue weighted by Crippen LogP contribution is -2.29. The van der Waals surface area contributed by atoms with Crippen LogP contribution in [-0.4, -0.2) is 54.2 Å². The van der Waals surface area contributed by atoms with Gasteiger partial charge < -0.3 is 24.1 Å². The third-order valence-corrected chi connectivity index (χ3v) is 7.39. The molecule has 5 rings (SSSR count). The van der Waals surface area contributed by atoms with Crippen LogP contribution in [0.4, 0.5) is 5.13 Å². The minimum Gasteiger partial charge on any atom is -0.507 e. The molecule has 2 aliphatic heterocycles. The molecule has 1 atom stereocenters. The van der Waals surface area contributed by atoms with Crippen molar-refractivity contribution in [2.24, 2.45) is 0 Å². The largest absolute Gasteiger partial charge is 0.507 e. The highest BCUT2D eigenvalue weighted by Gasteiger charge is 2.48. The van der Waals surface area contributed by atoms with Crippen molar-refractivity contribution < 1.29 is 38.4 Å². The first kappa shape index (κ1) is 26.9. The molecule has 40 heavy (non-hydrogen) atoms.